The second-order valence-corrected chi connectivity index (χ2v) is 9.62. The molecule has 2 aliphatic rings. The normalized spacial score (nSPS) is 13.5. The van der Waals surface area contributed by atoms with Gasteiger partial charge in [-0.15, -0.1) is 11.3 Å². The van der Waals surface area contributed by atoms with Crippen LogP contribution in [-0.4, -0.2) is 16.6 Å². The van der Waals surface area contributed by atoms with Crippen molar-refractivity contribution in [3.05, 3.63) is 63.8 Å². The van der Waals surface area contributed by atoms with Gasteiger partial charge in [-0.1, -0.05) is 36.0 Å². The molecule has 7 heteroatoms. The van der Waals surface area contributed by atoms with E-state index in [0.717, 1.165) is 59.4 Å². The molecule has 5 nitrogen and oxygen atoms in total. The van der Waals surface area contributed by atoms with E-state index in [1.54, 1.807) is 0 Å². The number of carbonyl (C=O) groups is 1. The Labute approximate surface area is 188 Å². The minimum absolute atomic E-state index is 0.143. The molecule has 0 radical (unpaired) electrons. The Morgan fingerprint density at radius 3 is 2.84 bits per heavy atom. The molecule has 0 saturated carbocycles. The highest BCUT2D eigenvalue weighted by Gasteiger charge is 2.25. The van der Waals surface area contributed by atoms with Gasteiger partial charge >= 0.3 is 0 Å². The lowest BCUT2D eigenvalue weighted by Crippen LogP contribution is -2.14. The van der Waals surface area contributed by atoms with E-state index in [4.69, 9.17) is 0 Å². The second-order valence-electron chi connectivity index (χ2n) is 7.63. The maximum Gasteiger partial charge on any atom is 0.235 e. The number of pyridine rings is 1. The zero-order valence-corrected chi connectivity index (χ0v) is 18.3. The third-order valence-electron chi connectivity index (χ3n) is 5.75. The summed E-state index contributed by atoms with van der Waals surface area (Å²) in [4.78, 5) is 18.4. The summed E-state index contributed by atoms with van der Waals surface area (Å²) in [6.45, 7) is 0. The van der Waals surface area contributed by atoms with Crippen molar-refractivity contribution < 1.29 is 4.79 Å². The number of aromatic nitrogens is 1. The quantitative estimate of drug-likeness (QED) is 0.582. The summed E-state index contributed by atoms with van der Waals surface area (Å²) >= 11 is 2.75. The van der Waals surface area contributed by atoms with Gasteiger partial charge in [0.05, 0.1) is 16.9 Å². The van der Waals surface area contributed by atoms with Crippen LogP contribution in [0.15, 0.2) is 35.4 Å². The van der Waals surface area contributed by atoms with E-state index >= 15 is 0 Å². The van der Waals surface area contributed by atoms with E-state index in [-0.39, 0.29) is 11.7 Å². The number of aryl methyl sites for hydroxylation is 3. The van der Waals surface area contributed by atoms with Crippen LogP contribution >= 0.6 is 23.1 Å². The molecule has 2 heterocycles. The zero-order chi connectivity index (χ0) is 21.4. The highest BCUT2D eigenvalue weighted by atomic mass is 32.2. The Bertz CT molecular complexity index is 1300. The first-order valence-corrected chi connectivity index (χ1v) is 12.0. The maximum atomic E-state index is 12.7. The number of fused-ring (bicyclic) bond motifs is 4. The summed E-state index contributed by atoms with van der Waals surface area (Å²) in [5.74, 6) is -0.0515. The molecule has 1 amide bonds. The predicted octanol–water partition coefficient (Wildman–Crippen LogP) is 4.87. The van der Waals surface area contributed by atoms with Crippen molar-refractivity contribution in [2.24, 2.45) is 0 Å². The van der Waals surface area contributed by atoms with Gasteiger partial charge < -0.3 is 5.32 Å². The average Bonchev–Trinajstić information content (AvgIpc) is 3.40. The molecule has 0 bridgehead atoms. The lowest BCUT2D eigenvalue weighted by Gasteiger charge is -2.15. The highest BCUT2D eigenvalue weighted by Crippen LogP contribution is 2.44. The molecule has 152 valence electrons. The van der Waals surface area contributed by atoms with Crippen molar-refractivity contribution in [3.63, 3.8) is 0 Å². The van der Waals surface area contributed by atoms with Crippen LogP contribution in [0, 0.1) is 22.7 Å². The molecule has 5 rings (SSSR count). The molecule has 3 aromatic rings. The summed E-state index contributed by atoms with van der Waals surface area (Å²) in [5.41, 5.74) is 6.75. The number of thiophene rings is 1. The molecule has 0 atom stereocenters. The SMILES string of the molecule is N#Cc1cc2c(nc1SCC(=O)Nc1sc3c(c1C#N)CCc1ccccc1-3)CCC2. The van der Waals surface area contributed by atoms with E-state index in [9.17, 15) is 15.3 Å². The van der Waals surface area contributed by atoms with Crippen LogP contribution in [0.1, 0.15) is 39.9 Å². The van der Waals surface area contributed by atoms with E-state index < -0.39 is 0 Å². The van der Waals surface area contributed by atoms with Crippen LogP contribution in [0.3, 0.4) is 0 Å². The molecule has 2 aromatic heterocycles. The van der Waals surface area contributed by atoms with Crippen LogP contribution < -0.4 is 5.32 Å². The third kappa shape index (κ3) is 3.61. The molecule has 0 saturated heterocycles. The fourth-order valence-electron chi connectivity index (χ4n) is 4.29. The van der Waals surface area contributed by atoms with Crippen molar-refractivity contribution in [2.45, 2.75) is 37.1 Å². The fraction of sp³-hybridized carbons (Fsp3) is 0.250. The Kier molecular flexibility index (Phi) is 5.23. The van der Waals surface area contributed by atoms with E-state index in [1.165, 1.54) is 28.7 Å². The van der Waals surface area contributed by atoms with Gasteiger partial charge in [0.15, 0.2) is 0 Å². The molecule has 31 heavy (non-hydrogen) atoms. The van der Waals surface area contributed by atoms with Gasteiger partial charge in [0.25, 0.3) is 0 Å². The van der Waals surface area contributed by atoms with Gasteiger partial charge in [0, 0.05) is 10.6 Å². The Morgan fingerprint density at radius 2 is 2.00 bits per heavy atom. The molecule has 1 N–H and O–H groups in total. The van der Waals surface area contributed by atoms with Crippen LogP contribution in [0.4, 0.5) is 5.00 Å². The summed E-state index contributed by atoms with van der Waals surface area (Å²) in [6, 6.07) is 14.6. The molecule has 0 aliphatic heterocycles. The smallest absolute Gasteiger partial charge is 0.235 e. The summed E-state index contributed by atoms with van der Waals surface area (Å²) in [6.07, 6.45) is 4.66. The van der Waals surface area contributed by atoms with Crippen LogP contribution in [0.2, 0.25) is 0 Å². The number of nitrogens with one attached hydrogen (secondary N) is 1. The zero-order valence-electron chi connectivity index (χ0n) is 16.7. The number of rotatable bonds is 4. The van der Waals surface area contributed by atoms with Crippen molar-refractivity contribution in [1.82, 2.24) is 4.98 Å². The minimum atomic E-state index is -0.195. The highest BCUT2D eigenvalue weighted by molar-refractivity contribution is 8.00. The molecule has 0 unspecified atom stereocenters. The first-order chi connectivity index (χ1) is 15.2. The summed E-state index contributed by atoms with van der Waals surface area (Å²) < 4.78 is 0. The predicted molar refractivity (Wildman–Crippen MR) is 122 cm³/mol. The van der Waals surface area contributed by atoms with E-state index in [1.807, 2.05) is 18.2 Å². The molecule has 1 aromatic carbocycles. The van der Waals surface area contributed by atoms with Gasteiger partial charge in [-0.2, -0.15) is 10.5 Å². The minimum Gasteiger partial charge on any atom is -0.316 e. The number of benzene rings is 1. The van der Waals surface area contributed by atoms with Crippen molar-refractivity contribution in [2.75, 3.05) is 11.1 Å². The fourth-order valence-corrected chi connectivity index (χ4v) is 6.34. The molecule has 0 fully saturated rings. The van der Waals surface area contributed by atoms with E-state index in [0.29, 0.717) is 21.2 Å². The first-order valence-electron chi connectivity index (χ1n) is 10.2. The molecular weight excluding hydrogens is 424 g/mol. The largest absolute Gasteiger partial charge is 0.316 e. The third-order valence-corrected chi connectivity index (χ3v) is 7.93. The van der Waals surface area contributed by atoms with Gasteiger partial charge in [-0.3, -0.25) is 4.79 Å². The Morgan fingerprint density at radius 1 is 1.13 bits per heavy atom. The number of nitriles is 2. The topological polar surface area (TPSA) is 89.6 Å². The van der Waals surface area contributed by atoms with Crippen molar-refractivity contribution in [3.8, 4) is 22.6 Å². The number of amides is 1. The molecule has 2 aliphatic carbocycles. The van der Waals surface area contributed by atoms with Crippen LogP contribution in [0.25, 0.3) is 10.4 Å². The van der Waals surface area contributed by atoms with Gasteiger partial charge in [-0.05, 0) is 60.4 Å². The lowest BCUT2D eigenvalue weighted by atomic mass is 9.90. The van der Waals surface area contributed by atoms with Gasteiger partial charge in [-0.25, -0.2) is 4.98 Å². The van der Waals surface area contributed by atoms with Gasteiger partial charge in [0.1, 0.15) is 22.2 Å². The standard InChI is InChI=1S/C24H18N4OS2/c25-11-16-10-15-5-3-7-20(15)27-23(16)30-13-21(29)28-24-19(12-26)18-9-8-14-4-1-2-6-17(14)22(18)31-24/h1-2,4,6,10H,3,5,7-9,13H2,(H,28,29). The monoisotopic (exact) mass is 442 g/mol. The number of hydrogen-bond donors (Lipinski definition) is 1. The number of thioether (sulfide) groups is 1. The number of anilines is 1. The molecular formula is C24H18N4OS2. The Hall–Kier alpha value is -3.13. The van der Waals surface area contributed by atoms with E-state index in [2.05, 4.69) is 34.6 Å². The van der Waals surface area contributed by atoms with Gasteiger partial charge in [0.2, 0.25) is 5.91 Å². The van der Waals surface area contributed by atoms with Crippen molar-refractivity contribution >= 4 is 34.0 Å². The van der Waals surface area contributed by atoms with Crippen LogP contribution in [-0.2, 0) is 30.5 Å². The number of carbonyl (C=O) groups excluding carboxylic acids is 1. The second kappa shape index (κ2) is 8.19. The first kappa shape index (κ1) is 19.8. The average molecular weight is 443 g/mol. The summed E-state index contributed by atoms with van der Waals surface area (Å²) in [7, 11) is 0. The Balaban J connectivity index is 1.35. The molecule has 0 spiro atoms. The summed E-state index contributed by atoms with van der Waals surface area (Å²) in [5, 5.41) is 23.4. The lowest BCUT2D eigenvalue weighted by molar-refractivity contribution is -0.113. The van der Waals surface area contributed by atoms with Crippen molar-refractivity contribution in [1.29, 1.82) is 10.5 Å². The maximum absolute atomic E-state index is 12.7. The van der Waals surface area contributed by atoms with Crippen LogP contribution in [0.5, 0.6) is 0 Å². The number of nitrogens with zero attached hydrogens (tertiary/aromatic N) is 3. The number of hydrogen-bond acceptors (Lipinski definition) is 6.